The van der Waals surface area contributed by atoms with Gasteiger partial charge in [0.15, 0.2) is 6.61 Å². The molecule has 0 unspecified atom stereocenters. The second kappa shape index (κ2) is 10.1. The quantitative estimate of drug-likeness (QED) is 0.654. The minimum Gasteiger partial charge on any atom is -0.482 e. The zero-order valence-electron chi connectivity index (χ0n) is 17.0. The van der Waals surface area contributed by atoms with Gasteiger partial charge >= 0.3 is 0 Å². The van der Waals surface area contributed by atoms with Crippen LogP contribution in [0, 0.1) is 0 Å². The van der Waals surface area contributed by atoms with Crippen molar-refractivity contribution in [3.8, 4) is 5.75 Å². The highest BCUT2D eigenvalue weighted by molar-refractivity contribution is 7.89. The fourth-order valence-electron chi connectivity index (χ4n) is 3.28. The monoisotopic (exact) mass is 465 g/mol. The van der Waals surface area contributed by atoms with E-state index in [4.69, 9.17) is 16.3 Å². The molecule has 10 heteroatoms. The summed E-state index contributed by atoms with van der Waals surface area (Å²) >= 11 is 6.00. The number of carbonyl (C=O) groups excluding carboxylic acids is 2. The molecule has 166 valence electrons. The summed E-state index contributed by atoms with van der Waals surface area (Å²) in [6.07, 6.45) is 1.00. The van der Waals surface area contributed by atoms with Crippen molar-refractivity contribution >= 4 is 39.1 Å². The second-order valence-corrected chi connectivity index (χ2v) is 9.52. The number of halogens is 1. The SMILES string of the molecule is CC(=O)Nc1ccc(S(=O)(=O)N2CCC(NC(=O)COc3ccccc3Cl)CC2)cc1. The molecule has 0 spiro atoms. The maximum absolute atomic E-state index is 12.9. The molecule has 8 nitrogen and oxygen atoms in total. The lowest BCUT2D eigenvalue weighted by atomic mass is 10.1. The lowest BCUT2D eigenvalue weighted by Gasteiger charge is -2.31. The van der Waals surface area contributed by atoms with Gasteiger partial charge in [-0.3, -0.25) is 9.59 Å². The Morgan fingerprint density at radius 1 is 1.10 bits per heavy atom. The lowest BCUT2D eigenvalue weighted by Crippen LogP contribution is -2.47. The number of rotatable bonds is 7. The molecule has 1 heterocycles. The van der Waals surface area contributed by atoms with Crippen LogP contribution in [0.15, 0.2) is 53.4 Å². The summed E-state index contributed by atoms with van der Waals surface area (Å²) in [5, 5.41) is 5.91. The van der Waals surface area contributed by atoms with Crippen molar-refractivity contribution in [2.75, 3.05) is 25.0 Å². The van der Waals surface area contributed by atoms with Crippen molar-refractivity contribution < 1.29 is 22.7 Å². The first kappa shape index (κ1) is 23.1. The molecule has 2 aromatic rings. The molecule has 2 aromatic carbocycles. The third-order valence-electron chi connectivity index (χ3n) is 4.83. The van der Waals surface area contributed by atoms with Crippen molar-refractivity contribution in [3.05, 3.63) is 53.6 Å². The van der Waals surface area contributed by atoms with Crippen molar-refractivity contribution in [2.45, 2.75) is 30.7 Å². The van der Waals surface area contributed by atoms with E-state index in [1.54, 1.807) is 36.4 Å². The molecule has 0 saturated carbocycles. The fraction of sp³-hybridized carbons (Fsp3) is 0.333. The molecule has 1 saturated heterocycles. The summed E-state index contributed by atoms with van der Waals surface area (Å²) < 4.78 is 32.6. The van der Waals surface area contributed by atoms with E-state index in [1.165, 1.54) is 23.4 Å². The Bertz CT molecular complexity index is 1040. The van der Waals surface area contributed by atoms with Crippen molar-refractivity contribution in [3.63, 3.8) is 0 Å². The summed E-state index contributed by atoms with van der Waals surface area (Å²) in [6.45, 7) is 1.82. The minimum absolute atomic E-state index is 0.129. The van der Waals surface area contributed by atoms with Gasteiger partial charge in [-0.25, -0.2) is 8.42 Å². The van der Waals surface area contributed by atoms with Gasteiger partial charge in [-0.15, -0.1) is 0 Å². The molecule has 1 fully saturated rings. The molecular formula is C21H24ClN3O5S. The maximum atomic E-state index is 12.9. The number of para-hydroxylation sites is 1. The molecule has 31 heavy (non-hydrogen) atoms. The van der Waals surface area contributed by atoms with Crippen molar-refractivity contribution in [2.24, 2.45) is 0 Å². The lowest BCUT2D eigenvalue weighted by molar-refractivity contribution is -0.124. The van der Waals surface area contributed by atoms with Crippen molar-refractivity contribution in [1.29, 1.82) is 0 Å². The first-order valence-corrected chi connectivity index (χ1v) is 11.6. The van der Waals surface area contributed by atoms with E-state index < -0.39 is 10.0 Å². The highest BCUT2D eigenvalue weighted by Crippen LogP contribution is 2.24. The molecule has 2 amide bonds. The maximum Gasteiger partial charge on any atom is 0.258 e. The molecule has 0 aromatic heterocycles. The Hall–Kier alpha value is -2.62. The van der Waals surface area contributed by atoms with Gasteiger partial charge in [0.1, 0.15) is 5.75 Å². The molecule has 0 bridgehead atoms. The van der Waals surface area contributed by atoms with Crippen LogP contribution in [-0.4, -0.2) is 50.3 Å². The molecule has 3 rings (SSSR count). The summed E-state index contributed by atoms with van der Waals surface area (Å²) in [7, 11) is -3.64. The summed E-state index contributed by atoms with van der Waals surface area (Å²) in [6, 6.07) is 12.8. The van der Waals surface area contributed by atoms with Gasteiger partial charge in [-0.1, -0.05) is 23.7 Å². The van der Waals surface area contributed by atoms with Crippen LogP contribution in [0.5, 0.6) is 5.75 Å². The topological polar surface area (TPSA) is 105 Å². The standard InChI is InChI=1S/C21H24ClN3O5S/c1-15(26)23-16-6-8-18(9-7-16)31(28,29)25-12-10-17(11-13-25)24-21(27)14-30-20-5-3-2-4-19(20)22/h2-9,17H,10-14H2,1H3,(H,23,26)(H,24,27). The number of carbonyl (C=O) groups is 2. The number of nitrogens with one attached hydrogen (secondary N) is 2. The first-order chi connectivity index (χ1) is 14.8. The summed E-state index contributed by atoms with van der Waals surface area (Å²) in [5.41, 5.74) is 0.534. The fourth-order valence-corrected chi connectivity index (χ4v) is 4.94. The zero-order valence-corrected chi connectivity index (χ0v) is 18.6. The van der Waals surface area contributed by atoms with Gasteiger partial charge in [-0.2, -0.15) is 4.31 Å². The smallest absolute Gasteiger partial charge is 0.258 e. The normalized spacial score (nSPS) is 15.3. The Balaban J connectivity index is 1.49. The molecular weight excluding hydrogens is 442 g/mol. The first-order valence-electron chi connectivity index (χ1n) is 9.80. The van der Waals surface area contributed by atoms with Gasteiger partial charge in [-0.05, 0) is 49.2 Å². The number of amides is 2. The number of nitrogens with zero attached hydrogens (tertiary/aromatic N) is 1. The van der Waals surface area contributed by atoms with E-state index in [0.29, 0.717) is 42.4 Å². The Labute approximate surface area is 186 Å². The number of hydrogen-bond acceptors (Lipinski definition) is 5. The van der Waals surface area contributed by atoms with E-state index in [9.17, 15) is 18.0 Å². The van der Waals surface area contributed by atoms with Crippen LogP contribution in [0.1, 0.15) is 19.8 Å². The Kier molecular flexibility index (Phi) is 7.53. The van der Waals surface area contributed by atoms with Crippen LogP contribution in [0.25, 0.3) is 0 Å². The van der Waals surface area contributed by atoms with E-state index >= 15 is 0 Å². The van der Waals surface area contributed by atoms with Gasteiger partial charge < -0.3 is 15.4 Å². The third kappa shape index (κ3) is 6.19. The predicted molar refractivity (Wildman–Crippen MR) is 118 cm³/mol. The van der Waals surface area contributed by atoms with Gasteiger partial charge in [0.25, 0.3) is 5.91 Å². The molecule has 0 aliphatic carbocycles. The number of hydrogen-bond donors (Lipinski definition) is 2. The zero-order chi connectivity index (χ0) is 22.4. The molecule has 0 radical (unpaired) electrons. The van der Waals surface area contributed by atoms with E-state index in [-0.39, 0.29) is 29.4 Å². The van der Waals surface area contributed by atoms with Gasteiger partial charge in [0, 0.05) is 31.7 Å². The van der Waals surface area contributed by atoms with Crippen LogP contribution in [-0.2, 0) is 19.6 Å². The Morgan fingerprint density at radius 3 is 2.35 bits per heavy atom. The molecule has 0 atom stereocenters. The number of piperidine rings is 1. The van der Waals surface area contributed by atoms with E-state index in [0.717, 1.165) is 0 Å². The summed E-state index contributed by atoms with van der Waals surface area (Å²) in [4.78, 5) is 23.4. The average molecular weight is 466 g/mol. The number of benzene rings is 2. The van der Waals surface area contributed by atoms with Gasteiger partial charge in [0.2, 0.25) is 15.9 Å². The predicted octanol–water partition coefficient (Wildman–Crippen LogP) is 2.65. The highest BCUT2D eigenvalue weighted by Gasteiger charge is 2.30. The van der Waals surface area contributed by atoms with E-state index in [2.05, 4.69) is 10.6 Å². The number of ether oxygens (including phenoxy) is 1. The average Bonchev–Trinajstić information content (AvgIpc) is 2.73. The largest absolute Gasteiger partial charge is 0.482 e. The highest BCUT2D eigenvalue weighted by atomic mass is 35.5. The number of sulfonamides is 1. The van der Waals surface area contributed by atoms with Crippen LogP contribution >= 0.6 is 11.6 Å². The molecule has 1 aliphatic heterocycles. The third-order valence-corrected chi connectivity index (χ3v) is 7.05. The molecule has 2 N–H and O–H groups in total. The minimum atomic E-state index is -3.64. The van der Waals surface area contributed by atoms with E-state index in [1.807, 2.05) is 0 Å². The summed E-state index contributed by atoms with van der Waals surface area (Å²) in [5.74, 6) is -0.0727. The Morgan fingerprint density at radius 2 is 1.74 bits per heavy atom. The van der Waals surface area contributed by atoms with Crippen LogP contribution in [0.4, 0.5) is 5.69 Å². The van der Waals surface area contributed by atoms with Crippen LogP contribution in [0.2, 0.25) is 5.02 Å². The molecule has 1 aliphatic rings. The van der Waals surface area contributed by atoms with Crippen molar-refractivity contribution in [1.82, 2.24) is 9.62 Å². The number of anilines is 1. The van der Waals surface area contributed by atoms with Crippen LogP contribution < -0.4 is 15.4 Å². The second-order valence-electron chi connectivity index (χ2n) is 7.17. The van der Waals surface area contributed by atoms with Gasteiger partial charge in [0.05, 0.1) is 9.92 Å². The van der Waals surface area contributed by atoms with Crippen LogP contribution in [0.3, 0.4) is 0 Å².